The lowest BCUT2D eigenvalue weighted by molar-refractivity contribution is 0.520. The van der Waals surface area contributed by atoms with Crippen molar-refractivity contribution in [3.05, 3.63) is 16.1 Å². The van der Waals surface area contributed by atoms with Crippen LogP contribution in [0.5, 0.6) is 0 Å². The van der Waals surface area contributed by atoms with Crippen molar-refractivity contribution in [3.8, 4) is 0 Å². The van der Waals surface area contributed by atoms with Crippen molar-refractivity contribution >= 4 is 23.1 Å². The molecule has 2 atom stereocenters. The van der Waals surface area contributed by atoms with E-state index < -0.39 is 0 Å². The third-order valence-electron chi connectivity index (χ3n) is 3.15. The number of hydrogen-bond donors (Lipinski definition) is 1. The van der Waals surface area contributed by atoms with Gasteiger partial charge in [-0.2, -0.15) is 11.8 Å². The van der Waals surface area contributed by atoms with Crippen molar-refractivity contribution in [1.29, 1.82) is 0 Å². The summed E-state index contributed by atoms with van der Waals surface area (Å²) in [4.78, 5) is 5.91. The molecule has 2 rings (SSSR count). The number of nitrogens with zero attached hydrogens (tertiary/aromatic N) is 1. The van der Waals surface area contributed by atoms with Crippen LogP contribution in [0.25, 0.3) is 0 Å². The normalized spacial score (nSPS) is 23.2. The zero-order chi connectivity index (χ0) is 11.4. The highest BCUT2D eigenvalue weighted by Gasteiger charge is 2.16. The van der Waals surface area contributed by atoms with E-state index in [1.54, 1.807) is 0 Å². The molecule has 0 spiro atoms. The molecule has 0 saturated carbocycles. The summed E-state index contributed by atoms with van der Waals surface area (Å²) < 4.78 is 0. The first-order chi connectivity index (χ1) is 7.79. The van der Waals surface area contributed by atoms with Gasteiger partial charge in [-0.25, -0.2) is 4.98 Å². The van der Waals surface area contributed by atoms with Crippen LogP contribution >= 0.6 is 23.1 Å². The smallest absolute Gasteiger partial charge is 0.0931 e. The van der Waals surface area contributed by atoms with Crippen LogP contribution in [0.4, 0.5) is 0 Å². The molecule has 1 N–H and O–H groups in total. The van der Waals surface area contributed by atoms with E-state index in [1.807, 2.05) is 24.6 Å². The van der Waals surface area contributed by atoms with Crippen LogP contribution in [0, 0.1) is 5.92 Å². The van der Waals surface area contributed by atoms with Crippen LogP contribution in [0.1, 0.15) is 35.7 Å². The average molecular weight is 256 g/mol. The summed E-state index contributed by atoms with van der Waals surface area (Å²) in [6, 6.07) is 0.437. The molecule has 1 fully saturated rings. The maximum absolute atomic E-state index is 4.55. The predicted molar refractivity (Wildman–Crippen MR) is 73.3 cm³/mol. The maximum atomic E-state index is 4.55. The topological polar surface area (TPSA) is 24.9 Å². The highest BCUT2D eigenvalue weighted by atomic mass is 32.2. The minimum atomic E-state index is 0.437. The first-order valence-corrected chi connectivity index (χ1v) is 7.96. The van der Waals surface area contributed by atoms with Crippen molar-refractivity contribution in [3.63, 3.8) is 0 Å². The average Bonchev–Trinajstić information content (AvgIpc) is 2.78. The van der Waals surface area contributed by atoms with Gasteiger partial charge >= 0.3 is 0 Å². The third-order valence-corrected chi connectivity index (χ3v) is 5.64. The molecular formula is C12H20N2S2. The fraction of sp³-hybridized carbons (Fsp3) is 0.750. The third kappa shape index (κ3) is 3.22. The number of aromatic nitrogens is 1. The van der Waals surface area contributed by atoms with E-state index in [4.69, 9.17) is 0 Å². The largest absolute Gasteiger partial charge is 0.312 e. The quantitative estimate of drug-likeness (QED) is 0.896. The van der Waals surface area contributed by atoms with Gasteiger partial charge in [-0.05, 0) is 44.2 Å². The zero-order valence-corrected chi connectivity index (χ0v) is 11.7. The van der Waals surface area contributed by atoms with Crippen molar-refractivity contribution < 1.29 is 0 Å². The van der Waals surface area contributed by atoms with Gasteiger partial charge in [-0.3, -0.25) is 0 Å². The number of nitrogens with one attached hydrogen (secondary N) is 1. The Bertz CT molecular complexity index is 319. The van der Waals surface area contributed by atoms with Crippen LogP contribution in [0.3, 0.4) is 0 Å². The Labute approximate surface area is 106 Å². The highest BCUT2D eigenvalue weighted by molar-refractivity contribution is 7.99. The van der Waals surface area contributed by atoms with E-state index in [1.165, 1.54) is 40.7 Å². The maximum Gasteiger partial charge on any atom is 0.0931 e. The summed E-state index contributed by atoms with van der Waals surface area (Å²) in [7, 11) is 2.00. The lowest BCUT2D eigenvalue weighted by Gasteiger charge is -2.19. The van der Waals surface area contributed by atoms with Crippen molar-refractivity contribution in [2.75, 3.05) is 18.6 Å². The molecule has 1 aliphatic rings. The minimum absolute atomic E-state index is 0.437. The number of thiazole rings is 1. The molecule has 4 heteroatoms. The Morgan fingerprint density at radius 1 is 1.62 bits per heavy atom. The van der Waals surface area contributed by atoms with Crippen LogP contribution in [-0.4, -0.2) is 23.5 Å². The van der Waals surface area contributed by atoms with Gasteiger partial charge in [0.1, 0.15) is 0 Å². The van der Waals surface area contributed by atoms with Crippen molar-refractivity contribution in [2.24, 2.45) is 5.92 Å². The summed E-state index contributed by atoms with van der Waals surface area (Å²) in [5.74, 6) is 3.55. The Morgan fingerprint density at radius 3 is 3.19 bits per heavy atom. The standard InChI is InChI=1S/C12H20N2S2/c1-9(13-2)11-7-14-12(16-11)6-10-4-3-5-15-8-10/h7,9-10,13H,3-6,8H2,1-2H3. The molecule has 2 heterocycles. The SMILES string of the molecule is CNC(C)c1cnc(CC2CCCSC2)s1. The van der Waals surface area contributed by atoms with E-state index in [9.17, 15) is 0 Å². The Kier molecular flexibility index (Phi) is 4.67. The zero-order valence-electron chi connectivity index (χ0n) is 10.0. The van der Waals surface area contributed by atoms with Crippen LogP contribution < -0.4 is 5.32 Å². The lowest BCUT2D eigenvalue weighted by Crippen LogP contribution is -2.12. The molecule has 1 aromatic rings. The molecule has 0 bridgehead atoms. The monoisotopic (exact) mass is 256 g/mol. The molecule has 90 valence electrons. The molecule has 16 heavy (non-hydrogen) atoms. The van der Waals surface area contributed by atoms with E-state index in [2.05, 4.69) is 29.0 Å². The molecule has 0 aliphatic carbocycles. The second kappa shape index (κ2) is 6.03. The number of hydrogen-bond acceptors (Lipinski definition) is 4. The van der Waals surface area contributed by atoms with E-state index in [-0.39, 0.29) is 0 Å². The molecule has 0 aromatic carbocycles. The molecule has 1 aliphatic heterocycles. The Balaban J connectivity index is 1.91. The number of thioether (sulfide) groups is 1. The van der Waals surface area contributed by atoms with Gasteiger partial charge in [-0.1, -0.05) is 0 Å². The van der Waals surface area contributed by atoms with E-state index >= 15 is 0 Å². The lowest BCUT2D eigenvalue weighted by atomic mass is 10.0. The van der Waals surface area contributed by atoms with Crippen LogP contribution in [-0.2, 0) is 6.42 Å². The molecular weight excluding hydrogens is 236 g/mol. The summed E-state index contributed by atoms with van der Waals surface area (Å²) in [5, 5.41) is 4.59. The predicted octanol–water partition coefficient (Wildman–Crippen LogP) is 3.11. The fourth-order valence-corrected chi connectivity index (χ4v) is 4.23. The molecule has 2 nitrogen and oxygen atoms in total. The van der Waals surface area contributed by atoms with Gasteiger partial charge in [0, 0.05) is 23.5 Å². The van der Waals surface area contributed by atoms with Gasteiger partial charge < -0.3 is 5.32 Å². The highest BCUT2D eigenvalue weighted by Crippen LogP contribution is 2.28. The van der Waals surface area contributed by atoms with Gasteiger partial charge in [0.05, 0.1) is 5.01 Å². The Morgan fingerprint density at radius 2 is 2.50 bits per heavy atom. The fourth-order valence-electron chi connectivity index (χ4n) is 1.98. The van der Waals surface area contributed by atoms with E-state index in [0.29, 0.717) is 6.04 Å². The summed E-state index contributed by atoms with van der Waals surface area (Å²) >= 11 is 3.98. The second-order valence-electron chi connectivity index (χ2n) is 4.45. The molecule has 0 radical (unpaired) electrons. The van der Waals surface area contributed by atoms with Gasteiger partial charge in [0.15, 0.2) is 0 Å². The first kappa shape index (κ1) is 12.4. The summed E-state index contributed by atoms with van der Waals surface area (Å²) in [6.07, 6.45) is 6.01. The van der Waals surface area contributed by atoms with Gasteiger partial charge in [-0.15, -0.1) is 11.3 Å². The summed E-state index contributed by atoms with van der Waals surface area (Å²) in [5.41, 5.74) is 0. The molecule has 0 amide bonds. The van der Waals surface area contributed by atoms with Crippen LogP contribution in [0.15, 0.2) is 6.20 Å². The minimum Gasteiger partial charge on any atom is -0.312 e. The number of rotatable bonds is 4. The van der Waals surface area contributed by atoms with Gasteiger partial charge in [0.25, 0.3) is 0 Å². The summed E-state index contributed by atoms with van der Waals surface area (Å²) in [6.45, 7) is 2.19. The van der Waals surface area contributed by atoms with Gasteiger partial charge in [0.2, 0.25) is 0 Å². The van der Waals surface area contributed by atoms with E-state index in [0.717, 1.165) is 5.92 Å². The van der Waals surface area contributed by atoms with Crippen LogP contribution in [0.2, 0.25) is 0 Å². The first-order valence-electron chi connectivity index (χ1n) is 5.99. The van der Waals surface area contributed by atoms with Crippen molar-refractivity contribution in [1.82, 2.24) is 10.3 Å². The second-order valence-corrected chi connectivity index (χ2v) is 6.75. The van der Waals surface area contributed by atoms with Crippen molar-refractivity contribution in [2.45, 2.75) is 32.2 Å². The Hall–Kier alpha value is -0.0600. The molecule has 2 unspecified atom stereocenters. The molecule has 1 saturated heterocycles. The molecule has 1 aromatic heterocycles.